The Bertz CT molecular complexity index is 561. The van der Waals surface area contributed by atoms with Crippen molar-refractivity contribution in [1.29, 1.82) is 0 Å². The quantitative estimate of drug-likeness (QED) is 0.845. The lowest BCUT2D eigenvalue weighted by Crippen LogP contribution is -2.26. The number of rotatable bonds is 5. The number of aromatic nitrogens is 1. The highest BCUT2D eigenvalue weighted by molar-refractivity contribution is 7.13. The van der Waals surface area contributed by atoms with Gasteiger partial charge in [0.2, 0.25) is 0 Å². The Morgan fingerprint density at radius 3 is 2.67 bits per heavy atom. The molecule has 1 aromatic carbocycles. The first-order valence-electron chi connectivity index (χ1n) is 7.20. The Kier molecular flexibility index (Phi) is 4.85. The van der Waals surface area contributed by atoms with E-state index >= 15 is 0 Å². The van der Waals surface area contributed by atoms with E-state index in [9.17, 15) is 0 Å². The predicted octanol–water partition coefficient (Wildman–Crippen LogP) is 3.65. The Labute approximate surface area is 128 Å². The third-order valence-corrected chi connectivity index (χ3v) is 4.25. The number of nitrogens with zero attached hydrogens (tertiary/aromatic N) is 1. The van der Waals surface area contributed by atoms with Crippen molar-refractivity contribution in [2.24, 2.45) is 0 Å². The monoisotopic (exact) mass is 305 g/mol. The van der Waals surface area contributed by atoms with E-state index in [1.165, 1.54) is 0 Å². The summed E-state index contributed by atoms with van der Waals surface area (Å²) in [6.07, 6.45) is 1.62. The van der Waals surface area contributed by atoms with E-state index in [0.29, 0.717) is 6.61 Å². The fourth-order valence-corrected chi connectivity index (χ4v) is 2.96. The number of hydrogen-bond donors (Lipinski definition) is 0. The van der Waals surface area contributed by atoms with Crippen LogP contribution < -0.4 is 4.74 Å². The van der Waals surface area contributed by atoms with E-state index in [1.54, 1.807) is 11.3 Å². The number of benzene rings is 1. The zero-order valence-electron chi connectivity index (χ0n) is 12.1. The van der Waals surface area contributed by atoms with E-state index in [1.807, 2.05) is 31.2 Å². The highest BCUT2D eigenvalue weighted by atomic mass is 32.1. The van der Waals surface area contributed by atoms with Crippen LogP contribution in [0.25, 0.3) is 10.6 Å². The van der Waals surface area contributed by atoms with Crippen LogP contribution in [0.2, 0.25) is 0 Å². The predicted molar refractivity (Wildman–Crippen MR) is 82.7 cm³/mol. The number of hydrogen-bond acceptors (Lipinski definition) is 5. The molecule has 0 atom stereocenters. The molecule has 0 saturated carbocycles. The first-order chi connectivity index (χ1) is 10.3. The van der Waals surface area contributed by atoms with Crippen molar-refractivity contribution in [3.8, 4) is 16.3 Å². The maximum Gasteiger partial charge on any atom is 0.160 e. The fraction of sp³-hybridized carbons (Fsp3) is 0.438. The van der Waals surface area contributed by atoms with Crippen LogP contribution in [0.5, 0.6) is 5.75 Å². The summed E-state index contributed by atoms with van der Waals surface area (Å²) in [4.78, 5) is 4.48. The van der Waals surface area contributed by atoms with Crippen LogP contribution in [0.3, 0.4) is 0 Å². The molecule has 112 valence electrons. The van der Waals surface area contributed by atoms with Crippen LogP contribution in [-0.2, 0) is 9.47 Å². The van der Waals surface area contributed by atoms with Crippen molar-refractivity contribution in [3.05, 3.63) is 35.3 Å². The molecule has 21 heavy (non-hydrogen) atoms. The molecule has 1 aromatic heterocycles. The van der Waals surface area contributed by atoms with Crippen molar-refractivity contribution in [3.63, 3.8) is 0 Å². The lowest BCUT2D eigenvalue weighted by Gasteiger charge is -2.23. The topological polar surface area (TPSA) is 40.6 Å². The third-order valence-electron chi connectivity index (χ3n) is 3.24. The maximum absolute atomic E-state index is 5.73. The number of ether oxygens (including phenoxy) is 3. The second-order valence-corrected chi connectivity index (χ2v) is 5.84. The third kappa shape index (κ3) is 4.03. The van der Waals surface area contributed by atoms with Gasteiger partial charge in [-0.15, -0.1) is 11.3 Å². The second-order valence-electron chi connectivity index (χ2n) is 4.98. The molecular weight excluding hydrogens is 286 g/mol. The smallest absolute Gasteiger partial charge is 0.160 e. The Morgan fingerprint density at radius 1 is 1.24 bits per heavy atom. The van der Waals surface area contributed by atoms with E-state index in [4.69, 9.17) is 14.2 Å². The zero-order valence-corrected chi connectivity index (χ0v) is 12.9. The van der Waals surface area contributed by atoms with Gasteiger partial charge in [-0.1, -0.05) is 0 Å². The van der Waals surface area contributed by atoms with Crippen LogP contribution in [0.4, 0.5) is 0 Å². The minimum atomic E-state index is -0.115. The first kappa shape index (κ1) is 14.5. The number of aryl methyl sites for hydroxylation is 1. The molecule has 0 spiro atoms. The number of thiazole rings is 1. The molecule has 2 heterocycles. The van der Waals surface area contributed by atoms with E-state index in [0.717, 1.165) is 48.1 Å². The van der Waals surface area contributed by atoms with Crippen molar-refractivity contribution >= 4 is 11.3 Å². The van der Waals surface area contributed by atoms with Crippen LogP contribution in [0.15, 0.2) is 29.6 Å². The van der Waals surface area contributed by atoms with Gasteiger partial charge in [0.25, 0.3) is 0 Å². The second kappa shape index (κ2) is 7.02. The first-order valence-corrected chi connectivity index (χ1v) is 8.08. The fourth-order valence-electron chi connectivity index (χ4n) is 2.16. The van der Waals surface area contributed by atoms with Gasteiger partial charge in [0, 0.05) is 23.1 Å². The van der Waals surface area contributed by atoms with Gasteiger partial charge < -0.3 is 14.2 Å². The van der Waals surface area contributed by atoms with Gasteiger partial charge in [0.15, 0.2) is 6.29 Å². The van der Waals surface area contributed by atoms with Crippen LogP contribution >= 0.6 is 11.3 Å². The van der Waals surface area contributed by atoms with Gasteiger partial charge >= 0.3 is 0 Å². The maximum atomic E-state index is 5.73. The van der Waals surface area contributed by atoms with Crippen LogP contribution in [0.1, 0.15) is 18.5 Å². The largest absolute Gasteiger partial charge is 0.493 e. The highest BCUT2D eigenvalue weighted by Gasteiger charge is 2.13. The van der Waals surface area contributed by atoms with Crippen molar-refractivity contribution < 1.29 is 14.2 Å². The molecule has 1 fully saturated rings. The van der Waals surface area contributed by atoms with Crippen molar-refractivity contribution in [2.75, 3.05) is 19.8 Å². The summed E-state index contributed by atoms with van der Waals surface area (Å²) in [5.41, 5.74) is 2.18. The minimum Gasteiger partial charge on any atom is -0.493 e. The highest BCUT2D eigenvalue weighted by Crippen LogP contribution is 2.25. The standard InChI is InChI=1S/C16H19NO3S/c1-12-11-21-16(17-12)13-3-5-14(6-4-13)18-10-7-15-19-8-2-9-20-15/h3-6,11,15H,2,7-10H2,1H3. The lowest BCUT2D eigenvalue weighted by molar-refractivity contribution is -0.183. The Morgan fingerprint density at radius 2 is 2.00 bits per heavy atom. The summed E-state index contributed by atoms with van der Waals surface area (Å²) in [5, 5.41) is 3.10. The molecule has 4 nitrogen and oxygen atoms in total. The molecule has 1 saturated heterocycles. The molecule has 2 aromatic rings. The van der Waals surface area contributed by atoms with Gasteiger partial charge in [-0.25, -0.2) is 4.98 Å². The molecule has 1 aliphatic heterocycles. The molecular formula is C16H19NO3S. The summed E-state index contributed by atoms with van der Waals surface area (Å²) < 4.78 is 16.7. The van der Waals surface area contributed by atoms with Crippen LogP contribution in [0, 0.1) is 6.92 Å². The van der Waals surface area contributed by atoms with Gasteiger partial charge in [0.05, 0.1) is 19.8 Å². The Balaban J connectivity index is 1.50. The summed E-state index contributed by atoms with van der Waals surface area (Å²) in [7, 11) is 0. The molecule has 0 radical (unpaired) electrons. The molecule has 0 aliphatic carbocycles. The zero-order chi connectivity index (χ0) is 14.5. The molecule has 0 unspecified atom stereocenters. The summed E-state index contributed by atoms with van der Waals surface area (Å²) in [5.74, 6) is 0.864. The van der Waals surface area contributed by atoms with E-state index in [-0.39, 0.29) is 6.29 Å². The molecule has 5 heteroatoms. The molecule has 0 N–H and O–H groups in total. The summed E-state index contributed by atoms with van der Waals surface area (Å²) in [6, 6.07) is 8.05. The van der Waals surface area contributed by atoms with E-state index in [2.05, 4.69) is 10.4 Å². The van der Waals surface area contributed by atoms with Gasteiger partial charge in [-0.3, -0.25) is 0 Å². The average molecular weight is 305 g/mol. The summed E-state index contributed by atoms with van der Waals surface area (Å²) >= 11 is 1.66. The SMILES string of the molecule is Cc1csc(-c2ccc(OCCC3OCCCO3)cc2)n1. The lowest BCUT2D eigenvalue weighted by atomic mass is 10.2. The van der Waals surface area contributed by atoms with Gasteiger partial charge in [-0.2, -0.15) is 0 Å². The Hall–Kier alpha value is -1.43. The summed E-state index contributed by atoms with van der Waals surface area (Å²) in [6.45, 7) is 4.17. The molecule has 1 aliphatic rings. The van der Waals surface area contributed by atoms with E-state index < -0.39 is 0 Å². The van der Waals surface area contributed by atoms with Crippen LogP contribution in [-0.4, -0.2) is 31.1 Å². The normalized spacial score (nSPS) is 16.0. The minimum absolute atomic E-state index is 0.115. The molecule has 0 amide bonds. The molecule has 3 rings (SSSR count). The van der Waals surface area contributed by atoms with Gasteiger partial charge in [0.1, 0.15) is 10.8 Å². The average Bonchev–Trinajstić information content (AvgIpc) is 2.96. The van der Waals surface area contributed by atoms with Crippen molar-refractivity contribution in [1.82, 2.24) is 4.98 Å². The molecule has 0 bridgehead atoms. The van der Waals surface area contributed by atoms with Gasteiger partial charge in [-0.05, 0) is 37.6 Å². The van der Waals surface area contributed by atoms with Crippen molar-refractivity contribution in [2.45, 2.75) is 26.1 Å².